The number of hydrogen-bond acceptors (Lipinski definition) is 7. The van der Waals surface area contributed by atoms with Gasteiger partial charge in [-0.05, 0) is 50.2 Å². The number of rotatable bonds is 3. The van der Waals surface area contributed by atoms with Crippen molar-refractivity contribution in [2.75, 3.05) is 14.2 Å². The van der Waals surface area contributed by atoms with Crippen LogP contribution in [0.5, 0.6) is 0 Å². The first-order valence-electron chi connectivity index (χ1n) is 12.4. The van der Waals surface area contributed by atoms with Crippen LogP contribution in [0.3, 0.4) is 0 Å². The number of fused-ring (bicyclic) bond motifs is 2. The molecule has 0 aromatic heterocycles. The molecule has 37 heavy (non-hydrogen) atoms. The van der Waals surface area contributed by atoms with E-state index in [9.17, 15) is 19.2 Å². The lowest BCUT2D eigenvalue weighted by atomic mass is 9.86. The molecule has 3 N–H and O–H groups in total. The fourth-order valence-corrected chi connectivity index (χ4v) is 4.59. The molecule has 1 aliphatic carbocycles. The van der Waals surface area contributed by atoms with Crippen molar-refractivity contribution < 1.29 is 33.4 Å². The van der Waals surface area contributed by atoms with E-state index >= 15 is 0 Å². The molecule has 0 aromatic rings. The second-order valence-corrected chi connectivity index (χ2v) is 9.59. The number of ketones is 2. The van der Waals surface area contributed by atoms with Gasteiger partial charge in [0.25, 0.3) is 5.91 Å². The Labute approximate surface area is 218 Å². The lowest BCUT2D eigenvalue weighted by molar-refractivity contribution is -0.120. The second kappa shape index (κ2) is 13.9. The Kier molecular flexibility index (Phi) is 11.2. The van der Waals surface area contributed by atoms with Gasteiger partial charge in [-0.15, -0.1) is 0 Å². The molecule has 9 nitrogen and oxygen atoms in total. The van der Waals surface area contributed by atoms with Crippen molar-refractivity contribution in [3.05, 3.63) is 58.9 Å². The van der Waals surface area contributed by atoms with Crippen molar-refractivity contribution in [2.45, 2.75) is 65.3 Å². The van der Waals surface area contributed by atoms with Gasteiger partial charge in [-0.25, -0.2) is 4.79 Å². The summed E-state index contributed by atoms with van der Waals surface area (Å²) >= 11 is 0. The quantitative estimate of drug-likeness (QED) is 0.435. The molecule has 2 aliphatic rings. The number of nitrogens with one attached hydrogen (secondary N) is 1. The Morgan fingerprint density at radius 3 is 2.35 bits per heavy atom. The molecule has 0 fully saturated rings. The van der Waals surface area contributed by atoms with Crippen LogP contribution in [-0.4, -0.2) is 56.1 Å². The number of carbonyl (C=O) groups is 4. The first-order valence-corrected chi connectivity index (χ1v) is 12.4. The van der Waals surface area contributed by atoms with Crippen LogP contribution in [0.15, 0.2) is 58.9 Å². The number of hydrogen-bond donors (Lipinski definition) is 2. The van der Waals surface area contributed by atoms with Gasteiger partial charge >= 0.3 is 6.09 Å². The number of methoxy groups -OCH3 is 2. The third kappa shape index (κ3) is 8.36. The van der Waals surface area contributed by atoms with Crippen LogP contribution < -0.4 is 11.1 Å². The van der Waals surface area contributed by atoms with Crippen LogP contribution in [0.1, 0.15) is 47.0 Å². The fraction of sp³-hybridized carbons (Fsp3) is 0.500. The molecular formula is C28H38N2O7. The lowest BCUT2D eigenvalue weighted by Crippen LogP contribution is -2.36. The van der Waals surface area contributed by atoms with E-state index in [2.05, 4.69) is 12.2 Å². The van der Waals surface area contributed by atoms with Crippen molar-refractivity contribution in [1.29, 1.82) is 0 Å². The minimum absolute atomic E-state index is 0.0583. The Bertz CT molecular complexity index is 1050. The summed E-state index contributed by atoms with van der Waals surface area (Å²) in [5, 5.41) is 2.55. The fourth-order valence-electron chi connectivity index (χ4n) is 4.59. The monoisotopic (exact) mass is 514 g/mol. The summed E-state index contributed by atoms with van der Waals surface area (Å²) in [5.41, 5.74) is 6.54. The third-order valence-corrected chi connectivity index (χ3v) is 6.55. The topological polar surface area (TPSA) is 134 Å². The highest BCUT2D eigenvalue weighted by molar-refractivity contribution is 6.22. The summed E-state index contributed by atoms with van der Waals surface area (Å²) in [6.45, 7) is 7.46. The Hall–Kier alpha value is -3.30. The number of carbonyl (C=O) groups excluding carboxylic acids is 4. The Balaban J connectivity index is 2.48. The van der Waals surface area contributed by atoms with E-state index in [0.717, 1.165) is 30.9 Å². The molecule has 202 valence electrons. The summed E-state index contributed by atoms with van der Waals surface area (Å²) in [6.07, 6.45) is 8.72. The predicted molar refractivity (Wildman–Crippen MR) is 139 cm³/mol. The van der Waals surface area contributed by atoms with Crippen LogP contribution in [-0.2, 0) is 28.6 Å². The van der Waals surface area contributed by atoms with E-state index in [1.54, 1.807) is 19.1 Å². The zero-order valence-electron chi connectivity index (χ0n) is 22.4. The highest BCUT2D eigenvalue weighted by Gasteiger charge is 2.32. The van der Waals surface area contributed by atoms with E-state index in [0.29, 0.717) is 0 Å². The van der Waals surface area contributed by atoms with Gasteiger partial charge in [-0.1, -0.05) is 44.6 Å². The maximum absolute atomic E-state index is 13.2. The molecule has 1 aliphatic heterocycles. The molecule has 5 atom stereocenters. The van der Waals surface area contributed by atoms with E-state index in [-0.39, 0.29) is 34.5 Å². The van der Waals surface area contributed by atoms with Gasteiger partial charge in [0.2, 0.25) is 5.78 Å². The Morgan fingerprint density at radius 1 is 1.03 bits per heavy atom. The smallest absolute Gasteiger partial charge is 0.405 e. The minimum Gasteiger partial charge on any atom is -0.439 e. The molecular weight excluding hydrogens is 476 g/mol. The zero-order chi connectivity index (χ0) is 27.7. The largest absolute Gasteiger partial charge is 0.439 e. The summed E-state index contributed by atoms with van der Waals surface area (Å²) in [7, 11) is 2.99. The molecule has 5 unspecified atom stereocenters. The van der Waals surface area contributed by atoms with Crippen LogP contribution in [0.25, 0.3) is 0 Å². The summed E-state index contributed by atoms with van der Waals surface area (Å²) < 4.78 is 16.6. The van der Waals surface area contributed by atoms with Crippen LogP contribution >= 0.6 is 0 Å². The van der Waals surface area contributed by atoms with Crippen molar-refractivity contribution in [2.24, 2.45) is 17.6 Å². The van der Waals surface area contributed by atoms with Crippen LogP contribution in [0, 0.1) is 11.8 Å². The normalized spacial score (nSPS) is 32.2. The molecule has 0 aromatic carbocycles. The van der Waals surface area contributed by atoms with E-state index in [1.165, 1.54) is 26.4 Å². The molecule has 1 heterocycles. The molecule has 2 bridgehead atoms. The molecule has 0 saturated carbocycles. The minimum atomic E-state index is -0.919. The van der Waals surface area contributed by atoms with E-state index in [1.807, 2.05) is 19.9 Å². The van der Waals surface area contributed by atoms with Gasteiger partial charge in [-0.2, -0.15) is 0 Å². The molecule has 0 spiro atoms. The average molecular weight is 515 g/mol. The maximum Gasteiger partial charge on any atom is 0.405 e. The van der Waals surface area contributed by atoms with Crippen LogP contribution in [0.4, 0.5) is 4.79 Å². The van der Waals surface area contributed by atoms with Crippen molar-refractivity contribution >= 4 is 23.6 Å². The highest BCUT2D eigenvalue weighted by Crippen LogP contribution is 2.27. The summed E-state index contributed by atoms with van der Waals surface area (Å²) in [6, 6.07) is 0. The third-order valence-electron chi connectivity index (χ3n) is 6.55. The highest BCUT2D eigenvalue weighted by atomic mass is 16.6. The van der Waals surface area contributed by atoms with E-state index < -0.39 is 36.1 Å². The molecule has 2 amide bonds. The number of Topliss-reactive ketones (excluding diaryl/α,β-unsaturated/α-hetero) is 1. The molecule has 0 radical (unpaired) electrons. The van der Waals surface area contributed by atoms with Gasteiger partial charge in [0, 0.05) is 31.4 Å². The Morgan fingerprint density at radius 2 is 1.73 bits per heavy atom. The SMILES string of the molecule is COC1/C=C/C=C(\C)C(=O)NC2=CC(=O)C=C(C2=O)C(OC)C(C)CCCC(C)/C=C(\C)C1OC(N)=O. The first kappa shape index (κ1) is 29.9. The lowest BCUT2D eigenvalue weighted by Gasteiger charge is -2.27. The van der Waals surface area contributed by atoms with Gasteiger partial charge < -0.3 is 25.3 Å². The molecule has 2 rings (SSSR count). The summed E-state index contributed by atoms with van der Waals surface area (Å²) in [5.74, 6) is -1.26. The van der Waals surface area contributed by atoms with Gasteiger partial charge in [0.15, 0.2) is 11.9 Å². The number of allylic oxidation sites excluding steroid dienone is 6. The van der Waals surface area contributed by atoms with Crippen molar-refractivity contribution in [3.63, 3.8) is 0 Å². The predicted octanol–water partition coefficient (Wildman–Crippen LogP) is 3.46. The van der Waals surface area contributed by atoms with Gasteiger partial charge in [0.1, 0.15) is 6.10 Å². The standard InChI is InChI=1S/C28H38N2O7/c1-16-9-7-10-17(2)25(36-6)21-14-20(31)15-22(24(21)32)30-27(33)18(3)11-8-12-23(35-5)26(19(4)13-16)37-28(29)34/h8,11-17,23,25-26H,7,9-10H2,1-6H3,(H2,29,34)(H,30,33)/b12-8+,18-11+,19-13+. The van der Waals surface area contributed by atoms with Crippen LogP contribution in [0.2, 0.25) is 0 Å². The van der Waals surface area contributed by atoms with Gasteiger partial charge in [0.05, 0.1) is 11.8 Å². The van der Waals surface area contributed by atoms with Crippen molar-refractivity contribution in [3.8, 4) is 0 Å². The van der Waals surface area contributed by atoms with E-state index in [4.69, 9.17) is 19.9 Å². The number of nitrogens with two attached hydrogens (primary N) is 1. The zero-order valence-corrected chi connectivity index (χ0v) is 22.4. The van der Waals surface area contributed by atoms with Gasteiger partial charge in [-0.3, -0.25) is 14.4 Å². The average Bonchev–Trinajstić information content (AvgIpc) is 2.82. The molecule has 9 heteroatoms. The second-order valence-electron chi connectivity index (χ2n) is 9.59. The maximum atomic E-state index is 13.2. The molecule has 0 saturated heterocycles. The van der Waals surface area contributed by atoms with Crippen molar-refractivity contribution in [1.82, 2.24) is 5.32 Å². The first-order chi connectivity index (χ1) is 17.5. The number of primary amides is 1. The summed E-state index contributed by atoms with van der Waals surface area (Å²) in [4.78, 5) is 49.9. The number of ether oxygens (including phenoxy) is 3. The number of amides is 2.